The lowest BCUT2D eigenvalue weighted by Gasteiger charge is -2.41. The zero-order valence-electron chi connectivity index (χ0n) is 24.2. The number of likely N-dealkylation sites (tertiary alicyclic amines) is 1. The second-order valence-electron chi connectivity index (χ2n) is 12.3. The molecule has 2 aromatic carbocycles. The van der Waals surface area contributed by atoms with Crippen molar-refractivity contribution in [2.24, 2.45) is 5.92 Å². The number of fused-ring (bicyclic) bond motifs is 4. The van der Waals surface area contributed by atoms with Crippen molar-refractivity contribution in [3.05, 3.63) is 59.9 Å². The smallest absolute Gasteiger partial charge is 0.319 e. The van der Waals surface area contributed by atoms with Crippen LogP contribution < -0.4 is 9.64 Å². The molecule has 0 N–H and O–H groups in total. The van der Waals surface area contributed by atoms with Crippen LogP contribution in [0.2, 0.25) is 0 Å². The Kier molecular flexibility index (Phi) is 7.01. The average Bonchev–Trinajstić information content (AvgIpc) is 3.55. The SMILES string of the molecule is C=CC(=O)N1CCN(c2nc(OC[C@@H]3C[C@@H](F)CN3C)nc3c(F)c(-c4cccc5c4C4CC4C5)ccc23)C[C@@H]1CC#N. The van der Waals surface area contributed by atoms with Gasteiger partial charge >= 0.3 is 6.01 Å². The number of piperazine rings is 1. The van der Waals surface area contributed by atoms with Gasteiger partial charge in [-0.1, -0.05) is 30.8 Å². The van der Waals surface area contributed by atoms with Crippen LogP contribution in [0.3, 0.4) is 0 Å². The topological polar surface area (TPSA) is 85.6 Å². The Labute approximate surface area is 249 Å². The lowest BCUT2D eigenvalue weighted by Crippen LogP contribution is -2.55. The summed E-state index contributed by atoms with van der Waals surface area (Å²) in [7, 11) is 1.86. The zero-order valence-corrected chi connectivity index (χ0v) is 24.2. The molecule has 2 saturated heterocycles. The van der Waals surface area contributed by atoms with E-state index in [4.69, 9.17) is 9.72 Å². The monoisotopic (exact) mass is 584 g/mol. The maximum absolute atomic E-state index is 16.6. The van der Waals surface area contributed by atoms with Gasteiger partial charge in [0, 0.05) is 43.2 Å². The van der Waals surface area contributed by atoms with E-state index >= 15 is 4.39 Å². The summed E-state index contributed by atoms with van der Waals surface area (Å²) in [6.07, 6.45) is 3.04. The van der Waals surface area contributed by atoms with Crippen molar-refractivity contribution in [3.63, 3.8) is 0 Å². The van der Waals surface area contributed by atoms with Crippen molar-refractivity contribution >= 4 is 22.6 Å². The predicted octanol–water partition coefficient (Wildman–Crippen LogP) is 4.63. The molecule has 3 fully saturated rings. The van der Waals surface area contributed by atoms with Gasteiger partial charge in [0.05, 0.1) is 18.5 Å². The molecule has 2 aliphatic heterocycles. The number of nitriles is 1. The van der Waals surface area contributed by atoms with Gasteiger partial charge in [-0.25, -0.2) is 8.78 Å². The Bertz CT molecular complexity index is 1660. The van der Waals surface area contributed by atoms with Gasteiger partial charge in [-0.05, 0) is 67.0 Å². The van der Waals surface area contributed by atoms with Crippen molar-refractivity contribution in [3.8, 4) is 23.2 Å². The van der Waals surface area contributed by atoms with Crippen LogP contribution >= 0.6 is 0 Å². The number of benzene rings is 2. The van der Waals surface area contributed by atoms with E-state index in [1.54, 1.807) is 4.90 Å². The summed E-state index contributed by atoms with van der Waals surface area (Å²) in [5, 5.41) is 10.0. The predicted molar refractivity (Wildman–Crippen MR) is 159 cm³/mol. The van der Waals surface area contributed by atoms with Crippen LogP contribution in [0.1, 0.15) is 36.3 Å². The molecule has 0 radical (unpaired) electrons. The molecule has 3 heterocycles. The summed E-state index contributed by atoms with van der Waals surface area (Å²) >= 11 is 0. The lowest BCUT2D eigenvalue weighted by atomic mass is 9.93. The summed E-state index contributed by atoms with van der Waals surface area (Å²) in [4.78, 5) is 27.4. The molecule has 10 heteroatoms. The van der Waals surface area contributed by atoms with Crippen LogP contribution in [0.15, 0.2) is 43.0 Å². The van der Waals surface area contributed by atoms with Crippen LogP contribution in [0.5, 0.6) is 6.01 Å². The van der Waals surface area contributed by atoms with E-state index in [2.05, 4.69) is 23.7 Å². The molecule has 5 atom stereocenters. The molecule has 1 aromatic heterocycles. The largest absolute Gasteiger partial charge is 0.462 e. The third-order valence-electron chi connectivity index (χ3n) is 9.64. The molecular formula is C33H34F2N6O2. The Balaban J connectivity index is 1.29. The van der Waals surface area contributed by atoms with Gasteiger partial charge in [-0.2, -0.15) is 15.2 Å². The molecule has 0 spiro atoms. The van der Waals surface area contributed by atoms with Crippen LogP contribution in [0, 0.1) is 23.1 Å². The van der Waals surface area contributed by atoms with E-state index in [1.807, 2.05) is 41.1 Å². The summed E-state index contributed by atoms with van der Waals surface area (Å²) in [5.41, 5.74) is 4.13. The molecule has 7 rings (SSSR count). The molecule has 3 aromatic rings. The highest BCUT2D eigenvalue weighted by atomic mass is 19.1. The molecule has 2 aliphatic carbocycles. The van der Waals surface area contributed by atoms with E-state index in [0.29, 0.717) is 61.2 Å². The fourth-order valence-electron chi connectivity index (χ4n) is 7.32. The van der Waals surface area contributed by atoms with Crippen LogP contribution in [0.4, 0.5) is 14.6 Å². The van der Waals surface area contributed by atoms with Gasteiger partial charge in [0.2, 0.25) is 5.91 Å². The number of ether oxygens (including phenoxy) is 1. The van der Waals surface area contributed by atoms with Gasteiger partial charge < -0.3 is 14.5 Å². The highest BCUT2D eigenvalue weighted by Crippen LogP contribution is 2.58. The Morgan fingerprint density at radius 1 is 1.16 bits per heavy atom. The zero-order chi connectivity index (χ0) is 29.8. The van der Waals surface area contributed by atoms with E-state index in [9.17, 15) is 14.4 Å². The van der Waals surface area contributed by atoms with Gasteiger partial charge in [-0.3, -0.25) is 9.69 Å². The first-order valence-corrected chi connectivity index (χ1v) is 15.0. The van der Waals surface area contributed by atoms with Crippen molar-refractivity contribution < 1.29 is 18.3 Å². The molecule has 222 valence electrons. The number of anilines is 1. The van der Waals surface area contributed by atoms with Crippen molar-refractivity contribution in [1.82, 2.24) is 19.8 Å². The van der Waals surface area contributed by atoms with Gasteiger partial charge in [0.1, 0.15) is 24.1 Å². The van der Waals surface area contributed by atoms with E-state index in [0.717, 1.165) is 18.4 Å². The maximum Gasteiger partial charge on any atom is 0.319 e. The number of carbonyl (C=O) groups is 1. The molecule has 1 amide bonds. The minimum atomic E-state index is -0.919. The second-order valence-corrected chi connectivity index (χ2v) is 12.3. The minimum absolute atomic E-state index is 0.0243. The first-order chi connectivity index (χ1) is 20.9. The Morgan fingerprint density at radius 3 is 2.79 bits per heavy atom. The average molecular weight is 585 g/mol. The number of likely N-dealkylation sites (N-methyl/N-ethyl adjacent to an activating group) is 1. The fraction of sp³-hybridized carbons (Fsp3) is 0.455. The van der Waals surface area contributed by atoms with Gasteiger partial charge in [-0.15, -0.1) is 0 Å². The van der Waals surface area contributed by atoms with Crippen molar-refractivity contribution in [2.75, 3.05) is 44.7 Å². The van der Waals surface area contributed by atoms with Crippen LogP contribution in [-0.4, -0.2) is 83.8 Å². The summed E-state index contributed by atoms with van der Waals surface area (Å²) in [5.74, 6) is 0.990. The number of halogens is 2. The number of hydrogen-bond donors (Lipinski definition) is 0. The standard InChI is InChI=1S/C33H34F2N6O2/c1-3-28(42)41-12-11-40(17-22(41)9-10-36)32-26-8-7-25(24-6-4-5-19-13-20-14-27(20)29(19)24)30(35)31(26)37-33(38-32)43-18-23-15-21(34)16-39(23)2/h3-8,20-23,27H,1,9,11-18H2,2H3/t20?,21-,22+,23+,27?/m1/s1. The molecule has 1 saturated carbocycles. The Hall–Kier alpha value is -4.10. The van der Waals surface area contributed by atoms with Crippen molar-refractivity contribution in [1.29, 1.82) is 5.26 Å². The first kappa shape index (κ1) is 27.7. The maximum atomic E-state index is 16.6. The molecule has 0 bridgehead atoms. The molecular weight excluding hydrogens is 550 g/mol. The number of alkyl halides is 1. The quantitative estimate of drug-likeness (QED) is 0.375. The highest BCUT2D eigenvalue weighted by Gasteiger charge is 2.46. The van der Waals surface area contributed by atoms with Gasteiger partial charge in [0.15, 0.2) is 5.82 Å². The highest BCUT2D eigenvalue weighted by molar-refractivity contribution is 5.94. The molecule has 8 nitrogen and oxygen atoms in total. The number of aromatic nitrogens is 2. The number of rotatable bonds is 7. The number of hydrogen-bond acceptors (Lipinski definition) is 7. The molecule has 4 aliphatic rings. The van der Waals surface area contributed by atoms with E-state index in [-0.39, 0.29) is 42.5 Å². The number of carbonyl (C=O) groups excluding carboxylic acids is 1. The Morgan fingerprint density at radius 2 is 2.02 bits per heavy atom. The number of nitrogens with zero attached hydrogens (tertiary/aromatic N) is 6. The first-order valence-electron chi connectivity index (χ1n) is 15.0. The molecule has 2 unspecified atom stereocenters. The third-order valence-corrected chi connectivity index (χ3v) is 9.64. The van der Waals surface area contributed by atoms with Gasteiger partial charge in [0.25, 0.3) is 0 Å². The summed E-state index contributed by atoms with van der Waals surface area (Å²) < 4.78 is 36.7. The lowest BCUT2D eigenvalue weighted by molar-refractivity contribution is -0.128. The van der Waals surface area contributed by atoms with Crippen LogP contribution in [-0.2, 0) is 11.2 Å². The minimum Gasteiger partial charge on any atom is -0.462 e. The normalized spacial score (nSPS) is 26.2. The second kappa shape index (κ2) is 10.9. The van der Waals surface area contributed by atoms with Crippen molar-refractivity contribution in [2.45, 2.75) is 49.9 Å². The van der Waals surface area contributed by atoms with Crippen LogP contribution in [0.25, 0.3) is 22.0 Å². The number of amides is 1. The van der Waals surface area contributed by atoms with E-state index in [1.165, 1.54) is 17.2 Å². The fourth-order valence-corrected chi connectivity index (χ4v) is 7.32. The summed E-state index contributed by atoms with van der Waals surface area (Å²) in [6.45, 7) is 5.25. The summed E-state index contributed by atoms with van der Waals surface area (Å²) in [6, 6.07) is 11.5. The molecule has 43 heavy (non-hydrogen) atoms. The third kappa shape index (κ3) is 4.89. The van der Waals surface area contributed by atoms with E-state index < -0.39 is 12.0 Å².